The molecular formula is C11H10N4O2. The maximum absolute atomic E-state index is 11.5. The number of carbonyl (C=O) groups excluding carboxylic acids is 1. The first-order valence-electron chi connectivity index (χ1n) is 5.38. The van der Waals surface area contributed by atoms with Crippen LogP contribution < -0.4 is 5.32 Å². The average molecular weight is 230 g/mol. The average Bonchev–Trinajstić information content (AvgIpc) is 2.98. The normalized spacial score (nSPS) is 13.6. The van der Waals surface area contributed by atoms with E-state index in [1.807, 2.05) is 13.0 Å². The Bertz CT molecular complexity index is 577. The summed E-state index contributed by atoms with van der Waals surface area (Å²) in [5.74, 6) is 0.466. The van der Waals surface area contributed by atoms with E-state index in [4.69, 9.17) is 4.52 Å². The first kappa shape index (κ1) is 9.95. The number of aryl methyl sites for hydroxylation is 1. The molecule has 0 unspecified atom stereocenters. The van der Waals surface area contributed by atoms with Crippen molar-refractivity contribution in [3.05, 3.63) is 29.1 Å². The molecule has 2 aromatic rings. The van der Waals surface area contributed by atoms with Crippen LogP contribution in [0.2, 0.25) is 0 Å². The van der Waals surface area contributed by atoms with Crippen molar-refractivity contribution >= 4 is 5.91 Å². The fourth-order valence-electron chi connectivity index (χ4n) is 1.94. The minimum Gasteiger partial charge on any atom is -0.346 e. The maximum Gasteiger partial charge on any atom is 0.253 e. The number of nitrogens with zero attached hydrogens (tertiary/aromatic N) is 3. The van der Waals surface area contributed by atoms with Crippen LogP contribution in [0.1, 0.15) is 28.5 Å². The van der Waals surface area contributed by atoms with Gasteiger partial charge in [-0.25, -0.2) is 4.98 Å². The number of pyridine rings is 1. The van der Waals surface area contributed by atoms with Gasteiger partial charge in [0.25, 0.3) is 5.91 Å². The highest BCUT2D eigenvalue weighted by atomic mass is 16.5. The van der Waals surface area contributed by atoms with Gasteiger partial charge in [-0.05, 0) is 18.1 Å². The third kappa shape index (κ3) is 1.49. The van der Waals surface area contributed by atoms with Crippen LogP contribution >= 0.6 is 0 Å². The van der Waals surface area contributed by atoms with Gasteiger partial charge < -0.3 is 9.84 Å². The monoisotopic (exact) mass is 230 g/mol. The van der Waals surface area contributed by atoms with Crippen LogP contribution in [0.3, 0.4) is 0 Å². The van der Waals surface area contributed by atoms with Gasteiger partial charge in [0.05, 0.1) is 17.8 Å². The van der Waals surface area contributed by atoms with Crippen LogP contribution in [-0.4, -0.2) is 21.3 Å². The van der Waals surface area contributed by atoms with E-state index in [9.17, 15) is 4.79 Å². The van der Waals surface area contributed by atoms with Crippen molar-refractivity contribution in [2.45, 2.75) is 19.9 Å². The van der Waals surface area contributed by atoms with Gasteiger partial charge in [-0.2, -0.15) is 0 Å². The molecule has 3 rings (SSSR count). The Kier molecular flexibility index (Phi) is 2.14. The molecule has 0 bridgehead atoms. The molecule has 0 spiro atoms. The molecule has 3 heterocycles. The molecule has 1 N–H and O–H groups in total. The Morgan fingerprint density at radius 2 is 2.41 bits per heavy atom. The second-order valence-corrected chi connectivity index (χ2v) is 3.81. The molecule has 1 aliphatic heterocycles. The molecule has 0 saturated carbocycles. The first-order valence-corrected chi connectivity index (χ1v) is 5.38. The molecule has 1 amide bonds. The van der Waals surface area contributed by atoms with E-state index < -0.39 is 0 Å². The highest BCUT2D eigenvalue weighted by Crippen LogP contribution is 2.25. The van der Waals surface area contributed by atoms with Crippen LogP contribution in [0.4, 0.5) is 0 Å². The lowest BCUT2D eigenvalue weighted by molar-refractivity contribution is 0.0965. The molecule has 0 saturated heterocycles. The fourth-order valence-corrected chi connectivity index (χ4v) is 1.94. The predicted octanol–water partition coefficient (Wildman–Crippen LogP) is 0.937. The van der Waals surface area contributed by atoms with Gasteiger partial charge in [-0.3, -0.25) is 4.79 Å². The van der Waals surface area contributed by atoms with Crippen LogP contribution in [0.5, 0.6) is 0 Å². The number of hydrogen-bond acceptors (Lipinski definition) is 5. The van der Waals surface area contributed by atoms with E-state index in [2.05, 4.69) is 20.7 Å². The van der Waals surface area contributed by atoms with Gasteiger partial charge in [-0.15, -0.1) is 5.10 Å². The van der Waals surface area contributed by atoms with Crippen LogP contribution in [0, 0.1) is 0 Å². The molecule has 0 fully saturated rings. The van der Waals surface area contributed by atoms with Crippen molar-refractivity contribution in [3.8, 4) is 11.5 Å². The Hall–Kier alpha value is -2.24. The SMILES string of the molecule is CCc1cc2c(nc1-c1cnno1)CNC2=O. The number of carbonyl (C=O) groups is 1. The Morgan fingerprint density at radius 3 is 3.12 bits per heavy atom. The molecule has 6 nitrogen and oxygen atoms in total. The molecule has 0 aromatic carbocycles. The van der Waals surface area contributed by atoms with Gasteiger partial charge in [-0.1, -0.05) is 6.92 Å². The molecule has 0 radical (unpaired) electrons. The van der Waals surface area contributed by atoms with E-state index in [0.29, 0.717) is 23.6 Å². The van der Waals surface area contributed by atoms with E-state index >= 15 is 0 Å². The van der Waals surface area contributed by atoms with Crippen LogP contribution in [0.25, 0.3) is 11.5 Å². The minimum absolute atomic E-state index is 0.0653. The smallest absolute Gasteiger partial charge is 0.253 e. The Morgan fingerprint density at radius 1 is 1.53 bits per heavy atom. The summed E-state index contributed by atoms with van der Waals surface area (Å²) in [4.78, 5) is 16.0. The summed E-state index contributed by atoms with van der Waals surface area (Å²) in [6, 6.07) is 1.86. The quantitative estimate of drug-likeness (QED) is 0.830. The van der Waals surface area contributed by atoms with E-state index in [1.165, 1.54) is 6.20 Å². The predicted molar refractivity (Wildman–Crippen MR) is 58.1 cm³/mol. The molecule has 0 atom stereocenters. The second kappa shape index (κ2) is 3.65. The summed E-state index contributed by atoms with van der Waals surface area (Å²) in [6.45, 7) is 2.47. The molecule has 0 aliphatic carbocycles. The highest BCUT2D eigenvalue weighted by Gasteiger charge is 2.23. The lowest BCUT2D eigenvalue weighted by atomic mass is 10.1. The number of aromatic nitrogens is 3. The number of nitrogens with one attached hydrogen (secondary N) is 1. The number of amides is 1. The maximum atomic E-state index is 11.5. The number of rotatable bonds is 2. The standard InChI is InChI=1S/C11H10N4O2/c1-2-6-3-7-8(4-12-11(7)16)14-10(6)9-5-13-15-17-9/h3,5H,2,4H2,1H3,(H,12,16). The number of hydrogen-bond donors (Lipinski definition) is 1. The molecule has 86 valence electrons. The third-order valence-electron chi connectivity index (χ3n) is 2.82. The van der Waals surface area contributed by atoms with E-state index in [1.54, 1.807) is 0 Å². The molecule has 1 aliphatic rings. The van der Waals surface area contributed by atoms with Crippen LogP contribution in [0.15, 0.2) is 16.8 Å². The lowest BCUT2D eigenvalue weighted by Crippen LogP contribution is -2.12. The van der Waals surface area contributed by atoms with Gasteiger partial charge in [0.1, 0.15) is 11.9 Å². The van der Waals surface area contributed by atoms with Gasteiger partial charge in [0.15, 0.2) is 0 Å². The van der Waals surface area contributed by atoms with Crippen molar-refractivity contribution < 1.29 is 9.32 Å². The highest BCUT2D eigenvalue weighted by molar-refractivity contribution is 5.98. The zero-order chi connectivity index (χ0) is 11.8. The summed E-state index contributed by atoms with van der Waals surface area (Å²) in [7, 11) is 0. The van der Waals surface area contributed by atoms with Gasteiger partial charge in [0.2, 0.25) is 5.76 Å². The third-order valence-corrected chi connectivity index (χ3v) is 2.82. The minimum atomic E-state index is -0.0653. The summed E-state index contributed by atoms with van der Waals surface area (Å²) >= 11 is 0. The summed E-state index contributed by atoms with van der Waals surface area (Å²) < 4.78 is 5.02. The largest absolute Gasteiger partial charge is 0.346 e. The van der Waals surface area contributed by atoms with Crippen molar-refractivity contribution in [2.24, 2.45) is 0 Å². The number of fused-ring (bicyclic) bond motifs is 1. The van der Waals surface area contributed by atoms with Gasteiger partial charge >= 0.3 is 0 Å². The first-order chi connectivity index (χ1) is 8.29. The fraction of sp³-hybridized carbons (Fsp3) is 0.273. The zero-order valence-corrected chi connectivity index (χ0v) is 9.23. The molecule has 2 aromatic heterocycles. The second-order valence-electron chi connectivity index (χ2n) is 3.81. The van der Waals surface area contributed by atoms with Crippen molar-refractivity contribution in [2.75, 3.05) is 0 Å². The topological polar surface area (TPSA) is 80.9 Å². The van der Waals surface area contributed by atoms with Crippen molar-refractivity contribution in [1.82, 2.24) is 20.7 Å². The lowest BCUT2D eigenvalue weighted by Gasteiger charge is -2.05. The van der Waals surface area contributed by atoms with Crippen molar-refractivity contribution in [3.63, 3.8) is 0 Å². The van der Waals surface area contributed by atoms with Crippen molar-refractivity contribution in [1.29, 1.82) is 0 Å². The molecule has 17 heavy (non-hydrogen) atoms. The van der Waals surface area contributed by atoms with E-state index in [0.717, 1.165) is 17.7 Å². The molecule has 6 heteroatoms. The Labute approximate surface area is 97.0 Å². The summed E-state index contributed by atoms with van der Waals surface area (Å²) in [6.07, 6.45) is 2.29. The van der Waals surface area contributed by atoms with Gasteiger partial charge in [0, 0.05) is 5.27 Å². The zero-order valence-electron chi connectivity index (χ0n) is 9.23. The van der Waals surface area contributed by atoms with Crippen LogP contribution in [-0.2, 0) is 13.0 Å². The summed E-state index contributed by atoms with van der Waals surface area (Å²) in [5.41, 5.74) is 3.07. The van der Waals surface area contributed by atoms with E-state index in [-0.39, 0.29) is 5.91 Å². The summed E-state index contributed by atoms with van der Waals surface area (Å²) in [5, 5.41) is 9.82. The molecular weight excluding hydrogens is 220 g/mol. The Balaban J connectivity index is 2.20.